The molecule has 0 fully saturated rings. The Balaban J connectivity index is 0.000000301. The Kier molecular flexibility index (Phi) is 55.7. The first-order valence-corrected chi connectivity index (χ1v) is 50.2. The van der Waals surface area contributed by atoms with E-state index in [-0.39, 0.29) is 65.2 Å². The highest BCUT2D eigenvalue weighted by molar-refractivity contribution is 7.99. The monoisotopic (exact) mass is 2090 g/mol. The zero-order valence-electron chi connectivity index (χ0n) is 82.4. The van der Waals surface area contributed by atoms with Crippen molar-refractivity contribution in [2.45, 2.75) is 123 Å². The lowest BCUT2D eigenvalue weighted by molar-refractivity contribution is -0.138. The second-order valence-corrected chi connectivity index (χ2v) is 34.2. The SMILES string of the molecule is C=CC(=O)OCCCCCCOc1ccc(C(=O)Oc2ccc(OC(=O)c3ccc(OCCCCCCOC(=O)C=C)cc3)c(C)c2)cc1.C=CC(=O)OCCCCCCOc1ccc(C(=O)Oc2ccc(OC(=O)c3ccc(OCCCCOC(=O)C=C)cc3)cc2CC)cc1.C=CC(=O)OCCSCCC(=O)Oc1ccc(C(=O)Oc2ccc(OC(=O)c3ccc(OC(=O)CCSCCOC(=O)C=C)cc3)c(Cl)c2)cc1. The van der Waals surface area contributed by atoms with Gasteiger partial charge in [0.25, 0.3) is 0 Å². The Labute approximate surface area is 872 Å². The molecule has 0 unspecified atom stereocenters. The number of halogens is 1. The molecule has 35 heteroatoms. The second kappa shape index (κ2) is 69.3. The van der Waals surface area contributed by atoms with Gasteiger partial charge in [0.05, 0.1) is 104 Å². The van der Waals surface area contributed by atoms with E-state index < -0.39 is 83.6 Å². The lowest BCUT2D eigenvalue weighted by atomic mass is 10.1. The molecular formula is C113H119ClO32S2. The molecule has 148 heavy (non-hydrogen) atoms. The van der Waals surface area contributed by atoms with Crippen LogP contribution in [0.5, 0.6) is 69.0 Å². The summed E-state index contributed by atoms with van der Waals surface area (Å²) in [5.41, 5.74) is 3.14. The number of esters is 14. The summed E-state index contributed by atoms with van der Waals surface area (Å²) in [6, 6.07) is 52.0. The summed E-state index contributed by atoms with van der Waals surface area (Å²) in [4.78, 5) is 167. The van der Waals surface area contributed by atoms with E-state index in [1.165, 1.54) is 90.3 Å². The average Bonchev–Trinajstić information content (AvgIpc) is 0.839. The minimum Gasteiger partial charge on any atom is -0.494 e. The van der Waals surface area contributed by atoms with Crippen molar-refractivity contribution in [3.05, 3.63) is 326 Å². The molecule has 9 rings (SSSR count). The number of hydrogen-bond acceptors (Lipinski definition) is 34. The normalized spacial score (nSPS) is 10.3. The van der Waals surface area contributed by atoms with Crippen LogP contribution < -0.4 is 56.8 Å². The number of carbonyl (C=O) groups is 14. The van der Waals surface area contributed by atoms with Gasteiger partial charge in [-0.15, -0.1) is 0 Å². The van der Waals surface area contributed by atoms with Gasteiger partial charge in [-0.05, 0) is 308 Å². The van der Waals surface area contributed by atoms with Crippen molar-refractivity contribution in [3.63, 3.8) is 0 Å². The molecular weight excluding hydrogens is 1970 g/mol. The van der Waals surface area contributed by atoms with Gasteiger partial charge >= 0.3 is 83.6 Å². The Morgan fingerprint density at radius 2 is 0.486 bits per heavy atom. The van der Waals surface area contributed by atoms with E-state index in [0.29, 0.717) is 175 Å². The van der Waals surface area contributed by atoms with Gasteiger partial charge in [-0.3, -0.25) is 9.59 Å². The van der Waals surface area contributed by atoms with Crippen LogP contribution in [0.1, 0.15) is 183 Å². The van der Waals surface area contributed by atoms with Crippen molar-refractivity contribution >= 4 is 119 Å². The van der Waals surface area contributed by atoms with Crippen LogP contribution in [-0.4, -0.2) is 173 Å². The third-order valence-electron chi connectivity index (χ3n) is 20.3. The molecule has 32 nitrogen and oxygen atoms in total. The lowest BCUT2D eigenvalue weighted by Gasteiger charge is -2.12. The van der Waals surface area contributed by atoms with Gasteiger partial charge in [-0.2, -0.15) is 23.5 Å². The molecule has 0 aliphatic rings. The number of unbranched alkanes of at least 4 members (excludes halogenated alkanes) is 10. The maximum absolute atomic E-state index is 12.8. The van der Waals surface area contributed by atoms with E-state index >= 15 is 0 Å². The highest BCUT2D eigenvalue weighted by atomic mass is 35.5. The fourth-order valence-electron chi connectivity index (χ4n) is 12.4. The van der Waals surface area contributed by atoms with Crippen molar-refractivity contribution in [1.82, 2.24) is 0 Å². The molecule has 0 aliphatic carbocycles. The molecule has 0 bridgehead atoms. The smallest absolute Gasteiger partial charge is 0.343 e. The van der Waals surface area contributed by atoms with Crippen molar-refractivity contribution in [2.24, 2.45) is 0 Å². The summed E-state index contributed by atoms with van der Waals surface area (Å²) >= 11 is 9.14. The van der Waals surface area contributed by atoms with Crippen LogP contribution in [0.2, 0.25) is 5.02 Å². The molecule has 0 atom stereocenters. The third-order valence-corrected chi connectivity index (χ3v) is 22.4. The minimum absolute atomic E-state index is 0.00846. The summed E-state index contributed by atoms with van der Waals surface area (Å²) < 4.78 is 96.1. The van der Waals surface area contributed by atoms with Crippen LogP contribution in [0, 0.1) is 6.92 Å². The molecule has 0 spiro atoms. The Morgan fingerprint density at radius 1 is 0.250 bits per heavy atom. The largest absolute Gasteiger partial charge is 0.494 e. The average molecular weight is 2090 g/mol. The molecule has 0 radical (unpaired) electrons. The van der Waals surface area contributed by atoms with Gasteiger partial charge in [-0.1, -0.05) is 58.0 Å². The van der Waals surface area contributed by atoms with E-state index in [4.69, 9.17) is 96.9 Å². The van der Waals surface area contributed by atoms with Gasteiger partial charge < -0.3 is 85.3 Å². The zero-order valence-corrected chi connectivity index (χ0v) is 84.8. The number of hydrogen-bond donors (Lipinski definition) is 0. The number of aryl methyl sites for hydroxylation is 2. The summed E-state index contributed by atoms with van der Waals surface area (Å²) in [5, 5.41) is 0.00846. The van der Waals surface area contributed by atoms with E-state index in [2.05, 4.69) is 39.5 Å². The molecule has 0 aliphatic heterocycles. The standard InChI is InChI=1S/C39H44O10.C38H42O10.C36H33ClO12S2/c1-4-36(40)46-26-12-8-6-10-24-44-32-18-14-30(15-19-32)38(42)48-34-22-23-35(29(3)28-34)49-39(43)31-16-20-33(21-17-31)45-25-11-7-9-13-27-47-37(41)5-2;1-4-28-27-33(47-37(41)29-13-17-32(18-14-29)44-24-11-12-26-46-36(40)6-3)21-22-34(28)48-38(42)30-15-19-31(20-16-30)43-23-9-7-8-10-25-45-35(39)5-2;1-3-31(38)44-17-21-50-19-15-33(40)46-26-9-5-24(6-10-26)35(42)48-28-13-14-30(29(37)23-28)49-36(43)25-7-11-27(12-8-25)47-34(41)16-20-51-22-18-45-32(39)4-2/h4-5,14-23,28H,1-2,6-13,24-27H2,3H3;5-6,13-22,27H,2-4,7-12,23-26H2,1H3;3-14,23H,1-2,15-22H2. The van der Waals surface area contributed by atoms with Gasteiger partial charge in [0.15, 0.2) is 0 Å². The minimum atomic E-state index is -0.723. The molecule has 0 amide bonds. The highest BCUT2D eigenvalue weighted by Gasteiger charge is 2.22. The molecule has 0 aromatic heterocycles. The molecule has 782 valence electrons. The highest BCUT2D eigenvalue weighted by Crippen LogP contribution is 2.33. The Bertz CT molecular complexity index is 5880. The predicted molar refractivity (Wildman–Crippen MR) is 556 cm³/mol. The van der Waals surface area contributed by atoms with Gasteiger partial charge in [0, 0.05) is 65.5 Å². The van der Waals surface area contributed by atoms with Gasteiger partial charge in [-0.25, -0.2) is 57.5 Å². The van der Waals surface area contributed by atoms with Crippen LogP contribution in [0.3, 0.4) is 0 Å². The fourth-order valence-corrected chi connectivity index (χ4v) is 14.1. The van der Waals surface area contributed by atoms with E-state index in [0.717, 1.165) is 114 Å². The number of ether oxygens (including phenoxy) is 18. The van der Waals surface area contributed by atoms with Crippen LogP contribution in [-0.2, 0) is 73.2 Å². The first-order chi connectivity index (χ1) is 71.7. The van der Waals surface area contributed by atoms with Crippen molar-refractivity contribution in [1.29, 1.82) is 0 Å². The summed E-state index contributed by atoms with van der Waals surface area (Å²) in [6.45, 7) is 27.7. The summed E-state index contributed by atoms with van der Waals surface area (Å²) in [5.74, 6) is -0.578. The molecule has 0 N–H and O–H groups in total. The summed E-state index contributed by atoms with van der Waals surface area (Å²) in [7, 11) is 0. The van der Waals surface area contributed by atoms with Crippen LogP contribution in [0.4, 0.5) is 0 Å². The molecule has 0 heterocycles. The van der Waals surface area contributed by atoms with Crippen molar-refractivity contribution in [3.8, 4) is 69.0 Å². The molecule has 9 aromatic rings. The Hall–Kier alpha value is -15.8. The quantitative estimate of drug-likeness (QED) is 0.0112. The number of thioether (sulfide) groups is 2. The topological polar surface area (TPSA) is 405 Å². The fraction of sp³-hybridized carbons (Fsp3) is 0.292. The van der Waals surface area contributed by atoms with Crippen LogP contribution in [0.15, 0.2) is 276 Å². The molecule has 0 saturated carbocycles. The Morgan fingerprint density at radius 3 is 0.784 bits per heavy atom. The predicted octanol–water partition coefficient (Wildman–Crippen LogP) is 21.3. The first kappa shape index (κ1) is 119. The number of carbonyl (C=O) groups excluding carboxylic acids is 14. The summed E-state index contributed by atoms with van der Waals surface area (Å²) in [6.07, 6.45) is 19.5. The maximum Gasteiger partial charge on any atom is 0.343 e. The molecule has 9 aromatic carbocycles. The van der Waals surface area contributed by atoms with Crippen LogP contribution >= 0.6 is 35.1 Å². The van der Waals surface area contributed by atoms with E-state index in [1.807, 2.05) is 6.92 Å². The van der Waals surface area contributed by atoms with Crippen molar-refractivity contribution in [2.75, 3.05) is 89.1 Å². The lowest BCUT2D eigenvalue weighted by Crippen LogP contribution is -2.11. The van der Waals surface area contributed by atoms with E-state index in [9.17, 15) is 67.1 Å². The zero-order chi connectivity index (χ0) is 107. The van der Waals surface area contributed by atoms with Gasteiger partial charge in [0.2, 0.25) is 0 Å². The van der Waals surface area contributed by atoms with Gasteiger partial charge in [0.1, 0.15) is 82.2 Å². The number of rotatable bonds is 63. The second-order valence-electron chi connectivity index (χ2n) is 31.4. The van der Waals surface area contributed by atoms with Crippen LogP contribution in [0.25, 0.3) is 0 Å². The first-order valence-electron chi connectivity index (χ1n) is 47.5. The maximum atomic E-state index is 12.8. The van der Waals surface area contributed by atoms with Crippen molar-refractivity contribution < 1.29 is 152 Å². The third kappa shape index (κ3) is 47.8. The molecule has 0 saturated heterocycles. The van der Waals surface area contributed by atoms with E-state index in [1.54, 1.807) is 140 Å². The number of benzene rings is 9.